The van der Waals surface area contributed by atoms with E-state index in [4.69, 9.17) is 0 Å². The van der Waals surface area contributed by atoms with Gasteiger partial charge in [0, 0.05) is 29.8 Å². The van der Waals surface area contributed by atoms with E-state index in [9.17, 15) is 8.42 Å². The minimum atomic E-state index is -3.23. The first-order chi connectivity index (χ1) is 9.93. The summed E-state index contributed by atoms with van der Waals surface area (Å²) < 4.78 is 26.3. The summed E-state index contributed by atoms with van der Waals surface area (Å²) in [6, 6.07) is 5.76. The third-order valence-corrected chi connectivity index (χ3v) is 5.11. The summed E-state index contributed by atoms with van der Waals surface area (Å²) in [5.74, 6) is 6.34. The van der Waals surface area contributed by atoms with Gasteiger partial charge in [-0.15, -0.1) is 12.5 Å². The van der Waals surface area contributed by atoms with Crippen LogP contribution < -0.4 is 4.31 Å². The van der Waals surface area contributed by atoms with Gasteiger partial charge in [0.25, 0.3) is 0 Å². The fraction of sp³-hybridized carbons (Fsp3) is 0.375. The lowest BCUT2D eigenvalue weighted by Crippen LogP contribution is -2.28. The molecule has 1 atom stereocenters. The molecule has 0 saturated heterocycles. The van der Waals surface area contributed by atoms with Crippen LogP contribution in [0, 0.1) is 11.8 Å². The van der Waals surface area contributed by atoms with E-state index in [-0.39, 0.29) is 5.92 Å². The standard InChI is InChI=1S/C16H18BrNO2S/c1-3-4-5-6-7-8-13-12-18(21(2,19)20)16-10-9-14(17)11-15(13)16/h3,9-11,13H,1,4,7-8,12H2,2H3. The summed E-state index contributed by atoms with van der Waals surface area (Å²) in [5.41, 5.74) is 1.88. The first-order valence-electron chi connectivity index (χ1n) is 6.77. The summed E-state index contributed by atoms with van der Waals surface area (Å²) in [6.45, 7) is 4.14. The van der Waals surface area contributed by atoms with Crippen molar-refractivity contribution in [3.8, 4) is 11.8 Å². The van der Waals surface area contributed by atoms with Crippen molar-refractivity contribution < 1.29 is 8.42 Å². The second-order valence-corrected chi connectivity index (χ2v) is 7.90. The van der Waals surface area contributed by atoms with Gasteiger partial charge in [-0.3, -0.25) is 4.31 Å². The normalized spacial score (nSPS) is 17.0. The van der Waals surface area contributed by atoms with Crippen LogP contribution in [0.2, 0.25) is 0 Å². The predicted molar refractivity (Wildman–Crippen MR) is 90.9 cm³/mol. The van der Waals surface area contributed by atoms with E-state index < -0.39 is 10.0 Å². The van der Waals surface area contributed by atoms with Crippen LogP contribution in [0.1, 0.15) is 30.7 Å². The van der Waals surface area contributed by atoms with Crippen molar-refractivity contribution in [3.05, 3.63) is 40.9 Å². The van der Waals surface area contributed by atoms with Gasteiger partial charge in [0.1, 0.15) is 0 Å². The van der Waals surface area contributed by atoms with Crippen LogP contribution in [-0.2, 0) is 10.0 Å². The van der Waals surface area contributed by atoms with Crippen LogP contribution in [0.15, 0.2) is 35.3 Å². The molecule has 0 N–H and O–H groups in total. The second kappa shape index (κ2) is 6.67. The van der Waals surface area contributed by atoms with E-state index in [0.29, 0.717) is 13.0 Å². The molecule has 0 radical (unpaired) electrons. The number of fused-ring (bicyclic) bond motifs is 1. The average molecular weight is 368 g/mol. The second-order valence-electron chi connectivity index (χ2n) is 5.08. The Bertz CT molecular complexity index is 701. The Morgan fingerprint density at radius 2 is 2.24 bits per heavy atom. The summed E-state index contributed by atoms with van der Waals surface area (Å²) in [5, 5.41) is 0. The van der Waals surface area contributed by atoms with Gasteiger partial charge in [0.2, 0.25) is 10.0 Å². The molecule has 0 spiro atoms. The van der Waals surface area contributed by atoms with Crippen LogP contribution in [0.25, 0.3) is 0 Å². The Morgan fingerprint density at radius 3 is 2.90 bits per heavy atom. The van der Waals surface area contributed by atoms with E-state index in [1.807, 2.05) is 18.2 Å². The van der Waals surface area contributed by atoms with Gasteiger partial charge in [-0.05, 0) is 30.2 Å². The Labute approximate surface area is 135 Å². The average Bonchev–Trinajstić information content (AvgIpc) is 2.77. The van der Waals surface area contributed by atoms with Crippen molar-refractivity contribution >= 4 is 31.6 Å². The quantitative estimate of drug-likeness (QED) is 0.601. The molecule has 21 heavy (non-hydrogen) atoms. The van der Waals surface area contributed by atoms with E-state index >= 15 is 0 Å². The summed E-state index contributed by atoms with van der Waals surface area (Å²) >= 11 is 3.46. The molecule has 0 bridgehead atoms. The fourth-order valence-corrected chi connectivity index (χ4v) is 3.87. The molecule has 1 unspecified atom stereocenters. The zero-order valence-corrected chi connectivity index (χ0v) is 14.4. The monoisotopic (exact) mass is 367 g/mol. The molecular weight excluding hydrogens is 350 g/mol. The lowest BCUT2D eigenvalue weighted by Gasteiger charge is -2.16. The number of allylic oxidation sites excluding steroid dienone is 1. The molecule has 0 amide bonds. The topological polar surface area (TPSA) is 37.4 Å². The van der Waals surface area contributed by atoms with Crippen molar-refractivity contribution in [1.82, 2.24) is 0 Å². The molecule has 1 aliphatic heterocycles. The number of anilines is 1. The third-order valence-electron chi connectivity index (χ3n) is 3.47. The van der Waals surface area contributed by atoms with Gasteiger partial charge in [-0.25, -0.2) is 8.42 Å². The number of sulfonamides is 1. The molecule has 0 aromatic heterocycles. The maximum absolute atomic E-state index is 11.9. The SMILES string of the molecule is C=CCC#CCCC1CN(S(C)(=O)=O)c2ccc(Br)cc21. The Balaban J connectivity index is 2.21. The van der Waals surface area contributed by atoms with Crippen molar-refractivity contribution in [2.45, 2.75) is 25.2 Å². The van der Waals surface area contributed by atoms with Crippen molar-refractivity contribution in [2.24, 2.45) is 0 Å². The van der Waals surface area contributed by atoms with E-state index in [1.54, 1.807) is 6.08 Å². The molecule has 1 aromatic carbocycles. The maximum atomic E-state index is 11.9. The molecule has 1 aromatic rings. The highest BCUT2D eigenvalue weighted by Gasteiger charge is 2.33. The smallest absolute Gasteiger partial charge is 0.232 e. The van der Waals surface area contributed by atoms with E-state index in [2.05, 4.69) is 34.3 Å². The minimum Gasteiger partial charge on any atom is -0.270 e. The largest absolute Gasteiger partial charge is 0.270 e. The van der Waals surface area contributed by atoms with Crippen molar-refractivity contribution in [3.63, 3.8) is 0 Å². The maximum Gasteiger partial charge on any atom is 0.232 e. The molecule has 5 heteroatoms. The predicted octanol–water partition coefficient (Wildman–Crippen LogP) is 3.67. The van der Waals surface area contributed by atoms with Crippen LogP contribution in [0.3, 0.4) is 0 Å². The van der Waals surface area contributed by atoms with E-state index in [1.165, 1.54) is 10.6 Å². The Hall–Kier alpha value is -1.25. The van der Waals surface area contributed by atoms with Crippen LogP contribution in [-0.4, -0.2) is 21.2 Å². The van der Waals surface area contributed by atoms with Crippen molar-refractivity contribution in [1.29, 1.82) is 0 Å². The van der Waals surface area contributed by atoms with E-state index in [0.717, 1.165) is 28.6 Å². The molecule has 3 nitrogen and oxygen atoms in total. The molecule has 1 heterocycles. The molecular formula is C16H18BrNO2S. The Morgan fingerprint density at radius 1 is 1.48 bits per heavy atom. The highest BCUT2D eigenvalue weighted by molar-refractivity contribution is 9.10. The van der Waals surface area contributed by atoms with Gasteiger partial charge >= 0.3 is 0 Å². The number of hydrogen-bond donors (Lipinski definition) is 0. The van der Waals surface area contributed by atoms with Gasteiger partial charge in [-0.1, -0.05) is 27.9 Å². The molecule has 0 fully saturated rings. The minimum absolute atomic E-state index is 0.199. The molecule has 2 rings (SSSR count). The van der Waals surface area contributed by atoms with Crippen molar-refractivity contribution in [2.75, 3.05) is 17.1 Å². The number of halogens is 1. The van der Waals surface area contributed by atoms with Crippen LogP contribution >= 0.6 is 15.9 Å². The zero-order chi connectivity index (χ0) is 15.5. The van der Waals surface area contributed by atoms with Gasteiger partial charge in [0.05, 0.1) is 11.9 Å². The number of nitrogens with zero attached hydrogens (tertiary/aromatic N) is 1. The third kappa shape index (κ3) is 3.90. The zero-order valence-electron chi connectivity index (χ0n) is 12.0. The summed E-state index contributed by atoms with van der Waals surface area (Å²) in [7, 11) is -3.23. The molecule has 0 aliphatic carbocycles. The lowest BCUT2D eigenvalue weighted by molar-refractivity contribution is 0.592. The van der Waals surface area contributed by atoms with Crippen LogP contribution in [0.5, 0.6) is 0 Å². The highest BCUT2D eigenvalue weighted by atomic mass is 79.9. The Kier molecular flexibility index (Phi) is 5.13. The van der Waals surface area contributed by atoms with Gasteiger partial charge in [0.15, 0.2) is 0 Å². The summed E-state index contributed by atoms with van der Waals surface area (Å²) in [4.78, 5) is 0. The number of benzene rings is 1. The first kappa shape index (κ1) is 16.1. The molecule has 0 saturated carbocycles. The fourth-order valence-electron chi connectivity index (χ4n) is 2.52. The molecule has 112 valence electrons. The highest BCUT2D eigenvalue weighted by Crippen LogP contribution is 2.41. The summed E-state index contributed by atoms with van der Waals surface area (Å²) in [6.07, 6.45) is 5.36. The molecule has 1 aliphatic rings. The first-order valence-corrected chi connectivity index (χ1v) is 9.41. The van der Waals surface area contributed by atoms with Crippen LogP contribution in [0.4, 0.5) is 5.69 Å². The van der Waals surface area contributed by atoms with Gasteiger partial charge in [-0.2, -0.15) is 0 Å². The number of hydrogen-bond acceptors (Lipinski definition) is 2. The lowest BCUT2D eigenvalue weighted by atomic mass is 9.96. The van der Waals surface area contributed by atoms with Gasteiger partial charge < -0.3 is 0 Å². The number of rotatable bonds is 4.